The predicted molar refractivity (Wildman–Crippen MR) is 117 cm³/mol. The molecule has 0 bridgehead atoms. The molecule has 29 heavy (non-hydrogen) atoms. The maximum Gasteiger partial charge on any atom is 0.255 e. The largest absolute Gasteiger partial charge is 0.361 e. The molecule has 0 saturated carbocycles. The van der Waals surface area contributed by atoms with Crippen molar-refractivity contribution in [2.45, 2.75) is 32.7 Å². The monoisotopic (exact) mass is 391 g/mol. The summed E-state index contributed by atoms with van der Waals surface area (Å²) < 4.78 is 13.1. The summed E-state index contributed by atoms with van der Waals surface area (Å²) in [5, 5.41) is 4.02. The van der Waals surface area contributed by atoms with E-state index in [0.717, 1.165) is 42.5 Å². The van der Waals surface area contributed by atoms with Gasteiger partial charge in [-0.25, -0.2) is 4.39 Å². The average Bonchev–Trinajstić information content (AvgIpc) is 3.17. The summed E-state index contributed by atoms with van der Waals surface area (Å²) in [6.07, 6.45) is 6.56. The molecule has 0 radical (unpaired) electrons. The number of H-pyrrole nitrogens is 1. The average molecular weight is 391 g/mol. The molecule has 1 aliphatic rings. The van der Waals surface area contributed by atoms with Gasteiger partial charge in [0.2, 0.25) is 0 Å². The molecule has 2 N–H and O–H groups in total. The number of rotatable bonds is 5. The van der Waals surface area contributed by atoms with Crippen LogP contribution in [0.5, 0.6) is 0 Å². The van der Waals surface area contributed by atoms with Crippen molar-refractivity contribution in [3.05, 3.63) is 71.7 Å². The predicted octanol–water partition coefficient (Wildman–Crippen LogP) is 5.45. The van der Waals surface area contributed by atoms with E-state index in [0.29, 0.717) is 11.6 Å². The van der Waals surface area contributed by atoms with Gasteiger partial charge in [0.05, 0.1) is 0 Å². The molecule has 1 aromatic heterocycles. The third kappa shape index (κ3) is 4.10. The Morgan fingerprint density at radius 1 is 1.24 bits per heavy atom. The van der Waals surface area contributed by atoms with Gasteiger partial charge in [-0.3, -0.25) is 9.69 Å². The van der Waals surface area contributed by atoms with Crippen LogP contribution in [0.4, 0.5) is 10.1 Å². The molecule has 0 aliphatic carbocycles. The van der Waals surface area contributed by atoms with Crippen LogP contribution in [0, 0.1) is 5.82 Å². The number of amides is 1. The van der Waals surface area contributed by atoms with Crippen LogP contribution in [-0.4, -0.2) is 34.9 Å². The normalized spacial score (nSPS) is 15.9. The van der Waals surface area contributed by atoms with Crippen LogP contribution in [0.3, 0.4) is 0 Å². The number of carbonyl (C=O) groups is 1. The Labute approximate surface area is 170 Å². The van der Waals surface area contributed by atoms with Gasteiger partial charge in [-0.1, -0.05) is 13.0 Å². The molecule has 1 unspecified atom stereocenters. The lowest BCUT2D eigenvalue weighted by Gasteiger charge is -2.31. The molecule has 150 valence electrons. The van der Waals surface area contributed by atoms with Crippen LogP contribution >= 0.6 is 0 Å². The van der Waals surface area contributed by atoms with E-state index in [-0.39, 0.29) is 11.7 Å². The van der Waals surface area contributed by atoms with Crippen LogP contribution in [0.15, 0.2) is 54.7 Å². The lowest BCUT2D eigenvalue weighted by Crippen LogP contribution is -2.35. The number of aromatic amines is 1. The Balaban J connectivity index is 1.56. The zero-order valence-corrected chi connectivity index (χ0v) is 16.8. The molecule has 4 nitrogen and oxygen atoms in total. The Morgan fingerprint density at radius 3 is 2.72 bits per heavy atom. The molecule has 0 saturated heterocycles. The number of benzene rings is 2. The van der Waals surface area contributed by atoms with Crippen molar-refractivity contribution in [3.63, 3.8) is 0 Å². The molecule has 0 fully saturated rings. The van der Waals surface area contributed by atoms with Crippen molar-refractivity contribution < 1.29 is 9.18 Å². The Morgan fingerprint density at radius 2 is 2.03 bits per heavy atom. The molecule has 1 aliphatic heterocycles. The number of halogens is 1. The quantitative estimate of drug-likeness (QED) is 0.608. The standard InChI is InChI=1S/C24H26FN3O/c1-3-16(2)28-12-10-17(11-13-28)22-15-26-23-9-8-20(14-21(22)23)27-24(29)18-4-6-19(25)7-5-18/h4-10,14-16,26H,3,11-13H2,1-2H3,(H,27,29). The maximum absolute atomic E-state index is 13.1. The Kier molecular flexibility index (Phi) is 5.49. The molecule has 4 rings (SSSR count). The molecular weight excluding hydrogens is 365 g/mol. The van der Waals surface area contributed by atoms with E-state index in [1.165, 1.54) is 35.4 Å². The third-order valence-electron chi connectivity index (χ3n) is 5.85. The number of hydrogen-bond acceptors (Lipinski definition) is 2. The Bertz CT molecular complexity index is 1050. The number of nitrogens with one attached hydrogen (secondary N) is 2. The van der Waals surface area contributed by atoms with E-state index < -0.39 is 0 Å². The van der Waals surface area contributed by atoms with Gasteiger partial charge in [0.25, 0.3) is 5.91 Å². The summed E-state index contributed by atoms with van der Waals surface area (Å²) in [6.45, 7) is 6.54. The molecule has 2 heterocycles. The maximum atomic E-state index is 13.1. The Hall–Kier alpha value is -2.92. The highest BCUT2D eigenvalue weighted by Crippen LogP contribution is 2.31. The minimum absolute atomic E-state index is 0.248. The number of nitrogens with zero attached hydrogens (tertiary/aromatic N) is 1. The minimum atomic E-state index is -0.354. The molecule has 1 atom stereocenters. The minimum Gasteiger partial charge on any atom is -0.361 e. The zero-order chi connectivity index (χ0) is 20.4. The van der Waals surface area contributed by atoms with Crippen LogP contribution in [0.25, 0.3) is 16.5 Å². The lowest BCUT2D eigenvalue weighted by molar-refractivity contribution is 0.102. The van der Waals surface area contributed by atoms with Gasteiger partial charge in [0.1, 0.15) is 5.82 Å². The van der Waals surface area contributed by atoms with E-state index in [1.807, 2.05) is 18.2 Å². The summed E-state index contributed by atoms with van der Waals surface area (Å²) >= 11 is 0. The van der Waals surface area contributed by atoms with Gasteiger partial charge in [0, 0.05) is 53.0 Å². The topological polar surface area (TPSA) is 48.1 Å². The van der Waals surface area contributed by atoms with Crippen LogP contribution < -0.4 is 5.32 Å². The highest BCUT2D eigenvalue weighted by atomic mass is 19.1. The first kappa shape index (κ1) is 19.4. The fourth-order valence-corrected chi connectivity index (χ4v) is 3.86. The van der Waals surface area contributed by atoms with Crippen molar-refractivity contribution in [3.8, 4) is 0 Å². The van der Waals surface area contributed by atoms with Crippen molar-refractivity contribution in [1.82, 2.24) is 9.88 Å². The van der Waals surface area contributed by atoms with E-state index in [4.69, 9.17) is 0 Å². The number of hydrogen-bond donors (Lipinski definition) is 2. The second kappa shape index (κ2) is 8.21. The second-order valence-corrected chi connectivity index (χ2v) is 7.66. The first-order valence-corrected chi connectivity index (χ1v) is 10.2. The van der Waals surface area contributed by atoms with E-state index in [9.17, 15) is 9.18 Å². The molecule has 3 aromatic rings. The second-order valence-electron chi connectivity index (χ2n) is 7.66. The number of anilines is 1. The summed E-state index contributed by atoms with van der Waals surface area (Å²) in [5.74, 6) is -0.602. The van der Waals surface area contributed by atoms with Gasteiger partial charge >= 0.3 is 0 Å². The first-order chi connectivity index (χ1) is 14.0. The summed E-state index contributed by atoms with van der Waals surface area (Å²) in [5.41, 5.74) is 4.75. The molecule has 1 amide bonds. The highest BCUT2D eigenvalue weighted by molar-refractivity contribution is 6.05. The van der Waals surface area contributed by atoms with E-state index in [2.05, 4.69) is 41.3 Å². The highest BCUT2D eigenvalue weighted by Gasteiger charge is 2.18. The zero-order valence-electron chi connectivity index (χ0n) is 16.8. The summed E-state index contributed by atoms with van der Waals surface area (Å²) in [6, 6.07) is 12.0. The van der Waals surface area contributed by atoms with E-state index in [1.54, 1.807) is 0 Å². The summed E-state index contributed by atoms with van der Waals surface area (Å²) in [4.78, 5) is 18.3. The molecule has 5 heteroatoms. The van der Waals surface area contributed by atoms with Crippen molar-refractivity contribution in [2.75, 3.05) is 18.4 Å². The van der Waals surface area contributed by atoms with Crippen molar-refractivity contribution in [2.24, 2.45) is 0 Å². The van der Waals surface area contributed by atoms with Crippen LogP contribution in [0.1, 0.15) is 42.6 Å². The van der Waals surface area contributed by atoms with E-state index >= 15 is 0 Å². The fraction of sp³-hybridized carbons (Fsp3) is 0.292. The first-order valence-electron chi connectivity index (χ1n) is 10.2. The van der Waals surface area contributed by atoms with Gasteiger partial charge < -0.3 is 10.3 Å². The molecule has 2 aromatic carbocycles. The van der Waals surface area contributed by atoms with Crippen molar-refractivity contribution >= 4 is 28.1 Å². The van der Waals surface area contributed by atoms with Crippen LogP contribution in [-0.2, 0) is 0 Å². The van der Waals surface area contributed by atoms with Crippen molar-refractivity contribution in [1.29, 1.82) is 0 Å². The number of fused-ring (bicyclic) bond motifs is 1. The fourth-order valence-electron chi connectivity index (χ4n) is 3.86. The van der Waals surface area contributed by atoms with Gasteiger partial charge in [-0.2, -0.15) is 0 Å². The smallest absolute Gasteiger partial charge is 0.255 e. The number of carbonyl (C=O) groups excluding carboxylic acids is 1. The summed E-state index contributed by atoms with van der Waals surface area (Å²) in [7, 11) is 0. The SMILES string of the molecule is CCC(C)N1CC=C(c2c[nH]c3ccc(NC(=O)c4ccc(F)cc4)cc23)CC1. The van der Waals surface area contributed by atoms with Crippen LogP contribution in [0.2, 0.25) is 0 Å². The lowest BCUT2D eigenvalue weighted by atomic mass is 9.97. The third-order valence-corrected chi connectivity index (χ3v) is 5.85. The molecule has 0 spiro atoms. The number of aromatic nitrogens is 1. The van der Waals surface area contributed by atoms with Gasteiger partial charge in [-0.05, 0) is 67.8 Å². The van der Waals surface area contributed by atoms with Gasteiger partial charge in [0.15, 0.2) is 0 Å². The van der Waals surface area contributed by atoms with Gasteiger partial charge in [-0.15, -0.1) is 0 Å². The molecular formula is C24H26FN3O.